The van der Waals surface area contributed by atoms with E-state index in [-0.39, 0.29) is 0 Å². The van der Waals surface area contributed by atoms with Gasteiger partial charge in [-0.2, -0.15) is 0 Å². The van der Waals surface area contributed by atoms with E-state index < -0.39 is 0 Å². The van der Waals surface area contributed by atoms with E-state index in [1.165, 1.54) is 28.0 Å². The van der Waals surface area contributed by atoms with Gasteiger partial charge in [-0.1, -0.05) is 18.2 Å². The van der Waals surface area contributed by atoms with E-state index in [9.17, 15) is 0 Å². The SMILES string of the molecule is CN1CC=C(c2ccc3c(c2)OCCO3)c2ccc(N3CCOCC3)cc2C1. The Kier molecular flexibility index (Phi) is 4.71. The van der Waals surface area contributed by atoms with E-state index in [1.54, 1.807) is 0 Å². The van der Waals surface area contributed by atoms with Crippen LogP contribution >= 0.6 is 0 Å². The monoisotopic (exact) mass is 378 g/mol. The first-order valence-electron chi connectivity index (χ1n) is 10.0. The Hall–Kier alpha value is -2.50. The molecule has 5 heteroatoms. The normalized spacial score (nSPS) is 19.6. The highest BCUT2D eigenvalue weighted by atomic mass is 16.6. The maximum atomic E-state index is 5.81. The van der Waals surface area contributed by atoms with Gasteiger partial charge >= 0.3 is 0 Å². The molecule has 1 fully saturated rings. The van der Waals surface area contributed by atoms with Gasteiger partial charge in [-0.05, 0) is 53.6 Å². The smallest absolute Gasteiger partial charge is 0.161 e. The van der Waals surface area contributed by atoms with Gasteiger partial charge in [0.05, 0.1) is 13.2 Å². The van der Waals surface area contributed by atoms with Crippen molar-refractivity contribution in [3.05, 3.63) is 59.2 Å². The third kappa shape index (κ3) is 3.36. The molecule has 0 aliphatic carbocycles. The van der Waals surface area contributed by atoms with E-state index in [0.29, 0.717) is 13.2 Å². The molecule has 0 atom stereocenters. The Morgan fingerprint density at radius 1 is 0.857 bits per heavy atom. The van der Waals surface area contributed by atoms with Crippen LogP contribution in [0, 0.1) is 0 Å². The average Bonchev–Trinajstić information content (AvgIpc) is 2.91. The molecule has 146 valence electrons. The highest BCUT2D eigenvalue weighted by Gasteiger charge is 2.20. The Morgan fingerprint density at radius 3 is 2.54 bits per heavy atom. The van der Waals surface area contributed by atoms with Crippen molar-refractivity contribution in [2.24, 2.45) is 0 Å². The van der Waals surface area contributed by atoms with Gasteiger partial charge in [0.2, 0.25) is 0 Å². The van der Waals surface area contributed by atoms with Gasteiger partial charge in [0.25, 0.3) is 0 Å². The molecule has 0 bridgehead atoms. The summed E-state index contributed by atoms with van der Waals surface area (Å²) in [6.07, 6.45) is 2.33. The summed E-state index contributed by atoms with van der Waals surface area (Å²) in [5.41, 5.74) is 6.41. The predicted molar refractivity (Wildman–Crippen MR) is 110 cm³/mol. The molecule has 0 amide bonds. The van der Waals surface area contributed by atoms with Crippen LogP contribution in [0.25, 0.3) is 5.57 Å². The Balaban J connectivity index is 1.53. The van der Waals surface area contributed by atoms with E-state index in [1.807, 2.05) is 6.07 Å². The maximum absolute atomic E-state index is 5.81. The van der Waals surface area contributed by atoms with Crippen LogP contribution in [0.2, 0.25) is 0 Å². The van der Waals surface area contributed by atoms with Gasteiger partial charge in [0, 0.05) is 31.9 Å². The highest BCUT2D eigenvalue weighted by molar-refractivity contribution is 5.83. The van der Waals surface area contributed by atoms with Crippen molar-refractivity contribution >= 4 is 11.3 Å². The third-order valence-corrected chi connectivity index (χ3v) is 5.66. The van der Waals surface area contributed by atoms with Gasteiger partial charge in [0.1, 0.15) is 13.2 Å². The molecular formula is C23H26N2O3. The van der Waals surface area contributed by atoms with E-state index in [2.05, 4.69) is 53.3 Å². The quantitative estimate of drug-likeness (QED) is 0.802. The summed E-state index contributed by atoms with van der Waals surface area (Å²) in [7, 11) is 2.18. The van der Waals surface area contributed by atoms with Crippen molar-refractivity contribution in [3.8, 4) is 11.5 Å². The lowest BCUT2D eigenvalue weighted by Gasteiger charge is -2.30. The number of likely N-dealkylation sites (N-methyl/N-ethyl adjacent to an activating group) is 1. The number of hydrogen-bond acceptors (Lipinski definition) is 5. The fourth-order valence-electron chi connectivity index (χ4n) is 4.19. The zero-order chi connectivity index (χ0) is 18.9. The van der Waals surface area contributed by atoms with E-state index in [0.717, 1.165) is 50.9 Å². The Labute approximate surface area is 166 Å². The zero-order valence-corrected chi connectivity index (χ0v) is 16.3. The van der Waals surface area contributed by atoms with Crippen LogP contribution in [0.4, 0.5) is 5.69 Å². The number of anilines is 1. The molecule has 3 aliphatic heterocycles. The van der Waals surface area contributed by atoms with Crippen molar-refractivity contribution in [2.75, 3.05) is 58.0 Å². The number of benzene rings is 2. The minimum absolute atomic E-state index is 0.609. The van der Waals surface area contributed by atoms with E-state index in [4.69, 9.17) is 14.2 Å². The van der Waals surface area contributed by atoms with Crippen LogP contribution < -0.4 is 14.4 Å². The number of rotatable bonds is 2. The van der Waals surface area contributed by atoms with Crippen molar-refractivity contribution in [2.45, 2.75) is 6.54 Å². The topological polar surface area (TPSA) is 34.2 Å². The lowest BCUT2D eigenvalue weighted by atomic mass is 9.93. The summed E-state index contributed by atoms with van der Waals surface area (Å²) >= 11 is 0. The van der Waals surface area contributed by atoms with Crippen LogP contribution in [0.5, 0.6) is 11.5 Å². The predicted octanol–water partition coefficient (Wildman–Crippen LogP) is 3.17. The molecule has 2 aromatic carbocycles. The molecule has 3 aliphatic rings. The molecule has 0 radical (unpaired) electrons. The van der Waals surface area contributed by atoms with Crippen LogP contribution in [0.3, 0.4) is 0 Å². The van der Waals surface area contributed by atoms with Gasteiger partial charge < -0.3 is 19.1 Å². The minimum Gasteiger partial charge on any atom is -0.486 e. The molecule has 3 heterocycles. The largest absolute Gasteiger partial charge is 0.486 e. The lowest BCUT2D eigenvalue weighted by Crippen LogP contribution is -2.36. The maximum Gasteiger partial charge on any atom is 0.161 e. The zero-order valence-electron chi connectivity index (χ0n) is 16.3. The molecule has 28 heavy (non-hydrogen) atoms. The van der Waals surface area contributed by atoms with Crippen molar-refractivity contribution in [1.82, 2.24) is 4.90 Å². The summed E-state index contributed by atoms with van der Waals surface area (Å²) in [6.45, 7) is 6.62. The van der Waals surface area contributed by atoms with Crippen LogP contribution in [-0.4, -0.2) is 58.0 Å². The van der Waals surface area contributed by atoms with Gasteiger partial charge in [-0.25, -0.2) is 0 Å². The second-order valence-corrected chi connectivity index (χ2v) is 7.61. The number of ether oxygens (including phenoxy) is 3. The molecule has 2 aromatic rings. The lowest BCUT2D eigenvalue weighted by molar-refractivity contribution is 0.122. The Bertz CT molecular complexity index is 903. The summed E-state index contributed by atoms with van der Waals surface area (Å²) < 4.78 is 17.0. The Morgan fingerprint density at radius 2 is 1.68 bits per heavy atom. The first-order valence-corrected chi connectivity index (χ1v) is 10.0. The second kappa shape index (κ2) is 7.49. The fraction of sp³-hybridized carbons (Fsp3) is 0.391. The number of morpholine rings is 1. The molecule has 0 spiro atoms. The first-order chi connectivity index (χ1) is 13.8. The number of fused-ring (bicyclic) bond motifs is 2. The first kappa shape index (κ1) is 17.6. The van der Waals surface area contributed by atoms with Crippen molar-refractivity contribution in [3.63, 3.8) is 0 Å². The van der Waals surface area contributed by atoms with Crippen molar-refractivity contribution < 1.29 is 14.2 Å². The third-order valence-electron chi connectivity index (χ3n) is 5.66. The van der Waals surface area contributed by atoms with Crippen molar-refractivity contribution in [1.29, 1.82) is 0 Å². The standard InChI is InChI=1S/C23H26N2O3/c1-24-7-6-21(17-2-5-22-23(15-17)28-13-12-27-22)20-4-3-19(14-18(20)16-24)25-8-10-26-11-9-25/h2-6,14-15H,7-13,16H2,1H3. The molecule has 5 nitrogen and oxygen atoms in total. The van der Waals surface area contributed by atoms with Gasteiger partial charge in [0.15, 0.2) is 11.5 Å². The molecule has 5 rings (SSSR count). The molecular weight excluding hydrogens is 352 g/mol. The number of hydrogen-bond donors (Lipinski definition) is 0. The molecule has 0 unspecified atom stereocenters. The average molecular weight is 378 g/mol. The van der Waals surface area contributed by atoms with Crippen LogP contribution in [0.1, 0.15) is 16.7 Å². The molecule has 0 N–H and O–H groups in total. The molecule has 0 aromatic heterocycles. The fourth-order valence-corrected chi connectivity index (χ4v) is 4.19. The van der Waals surface area contributed by atoms with E-state index >= 15 is 0 Å². The van der Waals surface area contributed by atoms with Gasteiger partial charge in [-0.15, -0.1) is 0 Å². The number of nitrogens with zero attached hydrogens (tertiary/aromatic N) is 2. The summed E-state index contributed by atoms with van der Waals surface area (Å²) in [4.78, 5) is 4.77. The highest BCUT2D eigenvalue weighted by Crippen LogP contribution is 2.37. The minimum atomic E-state index is 0.609. The van der Waals surface area contributed by atoms with Crippen LogP contribution in [0.15, 0.2) is 42.5 Å². The molecule has 0 saturated carbocycles. The van der Waals surface area contributed by atoms with Crippen LogP contribution in [-0.2, 0) is 11.3 Å². The summed E-state index contributed by atoms with van der Waals surface area (Å²) in [6, 6.07) is 13.2. The summed E-state index contributed by atoms with van der Waals surface area (Å²) in [5, 5.41) is 0. The molecule has 1 saturated heterocycles. The second-order valence-electron chi connectivity index (χ2n) is 7.61. The summed E-state index contributed by atoms with van der Waals surface area (Å²) in [5.74, 6) is 1.68. The van der Waals surface area contributed by atoms with Gasteiger partial charge in [-0.3, -0.25) is 4.90 Å².